The monoisotopic (exact) mass is 228 g/mol. The summed E-state index contributed by atoms with van der Waals surface area (Å²) in [5.74, 6) is 0.674. The van der Waals surface area contributed by atoms with Crippen LogP contribution >= 0.6 is 0 Å². The number of rotatable bonds is 3. The predicted octanol–water partition coefficient (Wildman–Crippen LogP) is 2.25. The van der Waals surface area contributed by atoms with Gasteiger partial charge in [-0.15, -0.1) is 0 Å². The highest BCUT2D eigenvalue weighted by Crippen LogP contribution is 2.30. The van der Waals surface area contributed by atoms with E-state index in [9.17, 15) is 5.11 Å². The van der Waals surface area contributed by atoms with Gasteiger partial charge in [0.1, 0.15) is 22.9 Å². The lowest BCUT2D eigenvalue weighted by Gasteiger charge is -2.09. The van der Waals surface area contributed by atoms with Gasteiger partial charge in [-0.05, 0) is 24.3 Å². The summed E-state index contributed by atoms with van der Waals surface area (Å²) < 4.78 is 5.20. The molecule has 2 heterocycles. The van der Waals surface area contributed by atoms with Crippen LogP contribution in [0.4, 0.5) is 0 Å². The van der Waals surface area contributed by atoms with E-state index in [0.717, 1.165) is 0 Å². The van der Waals surface area contributed by atoms with Crippen molar-refractivity contribution in [2.24, 2.45) is 0 Å². The van der Waals surface area contributed by atoms with Gasteiger partial charge < -0.3 is 9.84 Å². The van der Waals surface area contributed by atoms with Gasteiger partial charge in [0.15, 0.2) is 0 Å². The van der Waals surface area contributed by atoms with Gasteiger partial charge in [0, 0.05) is 18.0 Å². The van der Waals surface area contributed by atoms with E-state index >= 15 is 0 Å². The third-order valence-corrected chi connectivity index (χ3v) is 2.35. The Morgan fingerprint density at radius 3 is 2.47 bits per heavy atom. The van der Waals surface area contributed by atoms with Gasteiger partial charge in [-0.25, -0.2) is 0 Å². The highest BCUT2D eigenvalue weighted by molar-refractivity contribution is 5.79. The molecule has 2 rings (SSSR count). The topological polar surface area (TPSA) is 55.2 Å². The van der Waals surface area contributed by atoms with E-state index in [2.05, 4.69) is 16.5 Å². The van der Waals surface area contributed by atoms with Crippen molar-refractivity contribution < 1.29 is 9.84 Å². The summed E-state index contributed by atoms with van der Waals surface area (Å²) in [5.41, 5.74) is 1.51. The first-order chi connectivity index (χ1) is 8.24. The van der Waals surface area contributed by atoms with Crippen LogP contribution in [-0.2, 0) is 0 Å². The largest absolute Gasteiger partial charge is 0.506 e. The van der Waals surface area contributed by atoms with Gasteiger partial charge in [0.05, 0.1) is 7.11 Å². The zero-order valence-corrected chi connectivity index (χ0v) is 9.42. The molecule has 2 aromatic heterocycles. The number of pyridine rings is 2. The lowest BCUT2D eigenvalue weighted by atomic mass is 10.1. The molecule has 4 nitrogen and oxygen atoms in total. The number of ether oxygens (including phenoxy) is 1. The standard InChI is InChI=1S/C13H12N2O2/c1-9(12-10(16)5-3-7-14-12)13-11(17-2)6-4-8-15-13/h3-8,16H,1H2,2H3. The second-order valence-corrected chi connectivity index (χ2v) is 3.40. The molecule has 4 heteroatoms. The third kappa shape index (κ3) is 2.10. The molecule has 0 fully saturated rings. The van der Waals surface area contributed by atoms with Crippen LogP contribution < -0.4 is 4.74 Å². The van der Waals surface area contributed by atoms with Crippen molar-refractivity contribution in [2.75, 3.05) is 7.11 Å². The Bertz CT molecular complexity index is 553. The molecule has 0 aliphatic rings. The van der Waals surface area contributed by atoms with Crippen molar-refractivity contribution in [2.45, 2.75) is 0 Å². The fourth-order valence-corrected chi connectivity index (χ4v) is 1.52. The van der Waals surface area contributed by atoms with E-state index in [1.165, 1.54) is 0 Å². The van der Waals surface area contributed by atoms with Crippen molar-refractivity contribution >= 4 is 5.57 Å². The van der Waals surface area contributed by atoms with Crippen LogP contribution in [-0.4, -0.2) is 22.2 Å². The van der Waals surface area contributed by atoms with E-state index in [1.807, 2.05) is 0 Å². The molecule has 1 N–H and O–H groups in total. The molecular weight excluding hydrogens is 216 g/mol. The quantitative estimate of drug-likeness (QED) is 0.875. The maximum atomic E-state index is 9.71. The molecule has 17 heavy (non-hydrogen) atoms. The Hall–Kier alpha value is -2.36. The van der Waals surface area contributed by atoms with E-state index in [1.54, 1.807) is 43.8 Å². The van der Waals surface area contributed by atoms with Crippen molar-refractivity contribution in [1.29, 1.82) is 0 Å². The lowest BCUT2D eigenvalue weighted by molar-refractivity contribution is 0.411. The molecule has 0 radical (unpaired) electrons. The molecule has 0 aromatic carbocycles. The number of aromatic nitrogens is 2. The maximum Gasteiger partial charge on any atom is 0.145 e. The molecule has 0 aliphatic carbocycles. The summed E-state index contributed by atoms with van der Waals surface area (Å²) in [5, 5.41) is 9.71. The van der Waals surface area contributed by atoms with E-state index in [0.29, 0.717) is 22.7 Å². The van der Waals surface area contributed by atoms with Crippen LogP contribution in [0.25, 0.3) is 5.57 Å². The summed E-state index contributed by atoms with van der Waals surface area (Å²) in [4.78, 5) is 8.28. The summed E-state index contributed by atoms with van der Waals surface area (Å²) in [6.07, 6.45) is 3.23. The minimum absolute atomic E-state index is 0.0743. The van der Waals surface area contributed by atoms with Gasteiger partial charge >= 0.3 is 0 Å². The Labute approximate surface area is 99.2 Å². The Kier molecular flexibility index (Phi) is 3.05. The summed E-state index contributed by atoms with van der Waals surface area (Å²) in [6.45, 7) is 3.90. The summed E-state index contributed by atoms with van der Waals surface area (Å²) in [6, 6.07) is 6.77. The number of methoxy groups -OCH3 is 1. The first kappa shape index (κ1) is 11.1. The molecule has 0 saturated carbocycles. The summed E-state index contributed by atoms with van der Waals surface area (Å²) >= 11 is 0. The van der Waals surface area contributed by atoms with E-state index < -0.39 is 0 Å². The average molecular weight is 228 g/mol. The van der Waals surface area contributed by atoms with Gasteiger partial charge in [-0.2, -0.15) is 0 Å². The fourth-order valence-electron chi connectivity index (χ4n) is 1.52. The van der Waals surface area contributed by atoms with Gasteiger partial charge in [0.2, 0.25) is 0 Å². The first-order valence-electron chi connectivity index (χ1n) is 5.06. The van der Waals surface area contributed by atoms with Crippen LogP contribution in [0, 0.1) is 0 Å². The van der Waals surface area contributed by atoms with Crippen LogP contribution in [0.2, 0.25) is 0 Å². The fraction of sp³-hybridized carbons (Fsp3) is 0.0769. The van der Waals surface area contributed by atoms with E-state index in [-0.39, 0.29) is 5.75 Å². The highest BCUT2D eigenvalue weighted by Gasteiger charge is 2.13. The number of hydrogen-bond acceptors (Lipinski definition) is 4. The minimum atomic E-state index is 0.0743. The number of aromatic hydroxyl groups is 1. The lowest BCUT2D eigenvalue weighted by Crippen LogP contribution is -1.97. The van der Waals surface area contributed by atoms with Crippen molar-refractivity contribution in [3.05, 3.63) is 54.6 Å². The van der Waals surface area contributed by atoms with Crippen LogP contribution in [0.1, 0.15) is 11.4 Å². The molecule has 0 atom stereocenters. The molecule has 0 spiro atoms. The maximum absolute atomic E-state index is 9.71. The predicted molar refractivity (Wildman–Crippen MR) is 64.8 cm³/mol. The molecule has 0 saturated heterocycles. The van der Waals surface area contributed by atoms with Gasteiger partial charge in [-0.1, -0.05) is 6.58 Å². The zero-order chi connectivity index (χ0) is 12.3. The smallest absolute Gasteiger partial charge is 0.145 e. The molecule has 0 amide bonds. The van der Waals surface area contributed by atoms with Crippen molar-refractivity contribution in [3.8, 4) is 11.5 Å². The summed E-state index contributed by atoms with van der Waals surface area (Å²) in [7, 11) is 1.56. The van der Waals surface area contributed by atoms with E-state index in [4.69, 9.17) is 4.74 Å². The minimum Gasteiger partial charge on any atom is -0.506 e. The zero-order valence-electron chi connectivity index (χ0n) is 9.42. The second kappa shape index (κ2) is 4.65. The van der Waals surface area contributed by atoms with Gasteiger partial charge in [0.25, 0.3) is 0 Å². The molecule has 86 valence electrons. The van der Waals surface area contributed by atoms with Crippen molar-refractivity contribution in [3.63, 3.8) is 0 Å². The molecule has 2 aromatic rings. The van der Waals surface area contributed by atoms with Crippen molar-refractivity contribution in [1.82, 2.24) is 9.97 Å². The molecular formula is C13H12N2O2. The van der Waals surface area contributed by atoms with Gasteiger partial charge in [-0.3, -0.25) is 9.97 Å². The van der Waals surface area contributed by atoms with Crippen LogP contribution in [0.5, 0.6) is 11.5 Å². The molecule has 0 unspecified atom stereocenters. The SMILES string of the molecule is C=C(c1ncccc1O)c1ncccc1OC. The van der Waals surface area contributed by atoms with Crippen LogP contribution in [0.3, 0.4) is 0 Å². The second-order valence-electron chi connectivity index (χ2n) is 3.40. The van der Waals surface area contributed by atoms with Crippen LogP contribution in [0.15, 0.2) is 43.2 Å². The Morgan fingerprint density at radius 1 is 1.18 bits per heavy atom. The first-order valence-corrected chi connectivity index (χ1v) is 5.06. The number of nitrogens with zero attached hydrogens (tertiary/aromatic N) is 2. The average Bonchev–Trinajstić information content (AvgIpc) is 2.38. The number of hydrogen-bond donors (Lipinski definition) is 1. The third-order valence-electron chi connectivity index (χ3n) is 2.35. The highest BCUT2D eigenvalue weighted by atomic mass is 16.5. The Morgan fingerprint density at radius 2 is 1.82 bits per heavy atom. The Balaban J connectivity index is 2.48. The normalized spacial score (nSPS) is 9.94. The molecule has 0 bridgehead atoms. The molecule has 0 aliphatic heterocycles.